The normalized spacial score (nSPS) is 11.6. The highest BCUT2D eigenvalue weighted by Gasteiger charge is 2.25. The molecule has 0 aliphatic heterocycles. The van der Waals surface area contributed by atoms with Crippen LogP contribution >= 0.6 is 11.8 Å². The standard InChI is InChI=1S/C22H28N2O2S/c1-3-15-23-22(26)18(2)24(17-19-10-6-4-7-11-19)21(25)14-16-27-20-12-8-5-9-13-20/h4-13,18H,3,14-17H2,1-2H3,(H,23,26)/t18-/m0/s1. The van der Waals surface area contributed by atoms with Crippen molar-refractivity contribution >= 4 is 23.6 Å². The summed E-state index contributed by atoms with van der Waals surface area (Å²) >= 11 is 1.66. The molecule has 2 aromatic rings. The first kappa shape index (κ1) is 21.0. The molecule has 2 rings (SSSR count). The van der Waals surface area contributed by atoms with E-state index >= 15 is 0 Å². The van der Waals surface area contributed by atoms with Crippen LogP contribution in [0.25, 0.3) is 0 Å². The van der Waals surface area contributed by atoms with Gasteiger partial charge in [0.15, 0.2) is 0 Å². The van der Waals surface area contributed by atoms with Gasteiger partial charge < -0.3 is 10.2 Å². The maximum Gasteiger partial charge on any atom is 0.242 e. The van der Waals surface area contributed by atoms with Crippen molar-refractivity contribution in [1.29, 1.82) is 0 Å². The van der Waals surface area contributed by atoms with Crippen LogP contribution < -0.4 is 5.32 Å². The smallest absolute Gasteiger partial charge is 0.242 e. The lowest BCUT2D eigenvalue weighted by atomic mass is 10.1. The van der Waals surface area contributed by atoms with Gasteiger partial charge in [0.25, 0.3) is 0 Å². The van der Waals surface area contributed by atoms with Crippen LogP contribution in [0, 0.1) is 0 Å². The number of thioether (sulfide) groups is 1. The summed E-state index contributed by atoms with van der Waals surface area (Å²) in [6.45, 7) is 4.88. The molecule has 2 aromatic carbocycles. The van der Waals surface area contributed by atoms with Crippen molar-refractivity contribution in [1.82, 2.24) is 10.2 Å². The first-order chi connectivity index (χ1) is 13.1. The van der Waals surface area contributed by atoms with Gasteiger partial charge in [0.2, 0.25) is 11.8 Å². The van der Waals surface area contributed by atoms with Crippen molar-refractivity contribution in [2.45, 2.75) is 44.2 Å². The van der Waals surface area contributed by atoms with Crippen molar-refractivity contribution in [3.05, 3.63) is 66.2 Å². The van der Waals surface area contributed by atoms with Crippen LogP contribution in [-0.4, -0.2) is 35.1 Å². The van der Waals surface area contributed by atoms with Gasteiger partial charge in [-0.05, 0) is 31.0 Å². The summed E-state index contributed by atoms with van der Waals surface area (Å²) < 4.78 is 0. The molecule has 5 heteroatoms. The number of rotatable bonds is 10. The summed E-state index contributed by atoms with van der Waals surface area (Å²) in [4.78, 5) is 28.1. The van der Waals surface area contributed by atoms with Gasteiger partial charge in [0.1, 0.15) is 6.04 Å². The fourth-order valence-corrected chi connectivity index (χ4v) is 3.54. The number of carbonyl (C=O) groups excluding carboxylic acids is 2. The predicted octanol–water partition coefficient (Wildman–Crippen LogP) is 4.11. The SMILES string of the molecule is CCCNC(=O)[C@H](C)N(Cc1ccccc1)C(=O)CCSc1ccccc1. The lowest BCUT2D eigenvalue weighted by molar-refractivity contribution is -0.140. The van der Waals surface area contributed by atoms with Crippen molar-refractivity contribution in [3.8, 4) is 0 Å². The highest BCUT2D eigenvalue weighted by atomic mass is 32.2. The van der Waals surface area contributed by atoms with E-state index in [1.54, 1.807) is 23.6 Å². The molecule has 2 amide bonds. The van der Waals surface area contributed by atoms with Crippen molar-refractivity contribution in [3.63, 3.8) is 0 Å². The third-order valence-electron chi connectivity index (χ3n) is 4.24. The molecule has 0 bridgehead atoms. The van der Waals surface area contributed by atoms with E-state index in [0.717, 1.165) is 16.9 Å². The Kier molecular flexibility index (Phi) is 8.92. The van der Waals surface area contributed by atoms with Crippen LogP contribution in [0.4, 0.5) is 0 Å². The molecule has 0 saturated carbocycles. The molecule has 0 fully saturated rings. The zero-order chi connectivity index (χ0) is 19.5. The largest absolute Gasteiger partial charge is 0.354 e. The first-order valence-corrected chi connectivity index (χ1v) is 10.4. The highest BCUT2D eigenvalue weighted by molar-refractivity contribution is 7.99. The van der Waals surface area contributed by atoms with Gasteiger partial charge in [0, 0.05) is 30.2 Å². The highest BCUT2D eigenvalue weighted by Crippen LogP contribution is 2.19. The molecule has 0 aliphatic carbocycles. The monoisotopic (exact) mass is 384 g/mol. The first-order valence-electron chi connectivity index (χ1n) is 9.40. The molecule has 0 aromatic heterocycles. The van der Waals surface area contributed by atoms with Gasteiger partial charge in [-0.1, -0.05) is 55.5 Å². The maximum atomic E-state index is 12.9. The summed E-state index contributed by atoms with van der Waals surface area (Å²) in [5.74, 6) is 0.593. The molecule has 0 radical (unpaired) electrons. The fourth-order valence-electron chi connectivity index (χ4n) is 2.68. The van der Waals surface area contributed by atoms with E-state index in [9.17, 15) is 9.59 Å². The van der Waals surface area contributed by atoms with Crippen LogP contribution in [0.2, 0.25) is 0 Å². The van der Waals surface area contributed by atoms with E-state index in [0.29, 0.717) is 25.3 Å². The molecule has 4 nitrogen and oxygen atoms in total. The summed E-state index contributed by atoms with van der Waals surface area (Å²) in [6.07, 6.45) is 1.27. The second kappa shape index (κ2) is 11.4. The summed E-state index contributed by atoms with van der Waals surface area (Å²) in [5.41, 5.74) is 1.02. The Hall–Kier alpha value is -2.27. The lowest BCUT2D eigenvalue weighted by Gasteiger charge is -2.29. The molecule has 144 valence electrons. The van der Waals surface area contributed by atoms with E-state index < -0.39 is 6.04 Å². The summed E-state index contributed by atoms with van der Waals surface area (Å²) in [5, 5.41) is 2.90. The van der Waals surface area contributed by atoms with Gasteiger partial charge in [-0.25, -0.2) is 0 Å². The van der Waals surface area contributed by atoms with Gasteiger partial charge in [-0.2, -0.15) is 0 Å². The number of benzene rings is 2. The number of hydrogen-bond acceptors (Lipinski definition) is 3. The van der Waals surface area contributed by atoms with Crippen LogP contribution in [0.5, 0.6) is 0 Å². The average molecular weight is 385 g/mol. The Balaban J connectivity index is 2.00. The Labute approximate surface area is 166 Å². The summed E-state index contributed by atoms with van der Waals surface area (Å²) in [6, 6.07) is 19.4. The molecule has 0 saturated heterocycles. The molecule has 1 N–H and O–H groups in total. The van der Waals surface area contributed by atoms with Crippen molar-refractivity contribution in [2.75, 3.05) is 12.3 Å². The molecule has 27 heavy (non-hydrogen) atoms. The van der Waals surface area contributed by atoms with E-state index in [2.05, 4.69) is 5.32 Å². The van der Waals surface area contributed by atoms with Crippen LogP contribution in [-0.2, 0) is 16.1 Å². The second-order valence-corrected chi connectivity index (χ2v) is 7.55. The van der Waals surface area contributed by atoms with Crippen LogP contribution in [0.3, 0.4) is 0 Å². The van der Waals surface area contributed by atoms with Gasteiger partial charge >= 0.3 is 0 Å². The lowest BCUT2D eigenvalue weighted by Crippen LogP contribution is -2.47. The topological polar surface area (TPSA) is 49.4 Å². The molecule has 0 spiro atoms. The number of hydrogen-bond donors (Lipinski definition) is 1. The Morgan fingerprint density at radius 2 is 1.67 bits per heavy atom. The van der Waals surface area contributed by atoms with E-state index in [1.165, 1.54) is 0 Å². The van der Waals surface area contributed by atoms with E-state index in [1.807, 2.05) is 67.6 Å². The Morgan fingerprint density at radius 1 is 1.04 bits per heavy atom. The number of nitrogens with zero attached hydrogens (tertiary/aromatic N) is 1. The van der Waals surface area contributed by atoms with Crippen LogP contribution in [0.15, 0.2) is 65.6 Å². The zero-order valence-corrected chi connectivity index (χ0v) is 16.9. The Morgan fingerprint density at radius 3 is 2.30 bits per heavy atom. The molecule has 0 heterocycles. The average Bonchev–Trinajstić information content (AvgIpc) is 2.71. The number of amides is 2. The third kappa shape index (κ3) is 7.10. The quantitative estimate of drug-likeness (QED) is 0.627. The van der Waals surface area contributed by atoms with Crippen molar-refractivity contribution in [2.24, 2.45) is 0 Å². The molecular weight excluding hydrogens is 356 g/mol. The summed E-state index contributed by atoms with van der Waals surface area (Å²) in [7, 11) is 0. The molecule has 0 aliphatic rings. The maximum absolute atomic E-state index is 12.9. The van der Waals surface area contributed by atoms with Gasteiger partial charge in [0.05, 0.1) is 0 Å². The Bertz CT molecular complexity index is 707. The molecular formula is C22H28N2O2S. The van der Waals surface area contributed by atoms with Gasteiger partial charge in [-0.15, -0.1) is 11.8 Å². The minimum Gasteiger partial charge on any atom is -0.354 e. The molecule has 1 atom stereocenters. The predicted molar refractivity (Wildman–Crippen MR) is 112 cm³/mol. The number of carbonyl (C=O) groups is 2. The minimum atomic E-state index is -0.494. The van der Waals surface area contributed by atoms with Crippen molar-refractivity contribution < 1.29 is 9.59 Å². The van der Waals surface area contributed by atoms with E-state index in [4.69, 9.17) is 0 Å². The zero-order valence-electron chi connectivity index (χ0n) is 16.1. The van der Waals surface area contributed by atoms with Crippen LogP contribution in [0.1, 0.15) is 32.3 Å². The second-order valence-electron chi connectivity index (χ2n) is 6.39. The van der Waals surface area contributed by atoms with E-state index in [-0.39, 0.29) is 11.8 Å². The minimum absolute atomic E-state index is 0.00133. The number of nitrogens with one attached hydrogen (secondary N) is 1. The van der Waals surface area contributed by atoms with Gasteiger partial charge in [-0.3, -0.25) is 9.59 Å². The fraction of sp³-hybridized carbons (Fsp3) is 0.364. The third-order valence-corrected chi connectivity index (χ3v) is 5.25. The molecule has 0 unspecified atom stereocenters.